The van der Waals surface area contributed by atoms with Gasteiger partial charge in [-0.1, -0.05) is 13.3 Å². The van der Waals surface area contributed by atoms with E-state index < -0.39 is 5.97 Å². The van der Waals surface area contributed by atoms with Gasteiger partial charge in [0.1, 0.15) is 0 Å². The molecule has 3 heteroatoms. The van der Waals surface area contributed by atoms with Gasteiger partial charge in [0.05, 0.1) is 5.57 Å². The molecule has 0 spiro atoms. The Morgan fingerprint density at radius 1 is 1.27 bits per heavy atom. The molecular weight excluding hydrogens is 190 g/mol. The first kappa shape index (κ1) is 14.0. The number of hydrogen-bond donors (Lipinski definition) is 1. The van der Waals surface area contributed by atoms with E-state index in [1.54, 1.807) is 6.20 Å². The van der Waals surface area contributed by atoms with E-state index in [1.165, 1.54) is 0 Å². The molecule has 0 saturated carbocycles. The fourth-order valence-corrected chi connectivity index (χ4v) is 1.57. The van der Waals surface area contributed by atoms with Gasteiger partial charge in [0.2, 0.25) is 0 Å². The lowest BCUT2D eigenvalue weighted by Crippen LogP contribution is -2.32. The molecule has 3 nitrogen and oxygen atoms in total. The van der Waals surface area contributed by atoms with Gasteiger partial charge in [0.25, 0.3) is 0 Å². The van der Waals surface area contributed by atoms with Crippen LogP contribution >= 0.6 is 0 Å². The van der Waals surface area contributed by atoms with E-state index in [0.29, 0.717) is 24.1 Å². The molecule has 0 aliphatic heterocycles. The molecule has 0 bridgehead atoms. The lowest BCUT2D eigenvalue weighted by molar-refractivity contribution is -0.132. The van der Waals surface area contributed by atoms with Gasteiger partial charge >= 0.3 is 5.97 Å². The molecule has 0 atom stereocenters. The predicted octanol–water partition coefficient (Wildman–Crippen LogP) is 2.87. The quantitative estimate of drug-likeness (QED) is 0.690. The molecule has 0 unspecified atom stereocenters. The maximum atomic E-state index is 11.0. The molecule has 88 valence electrons. The zero-order chi connectivity index (χ0) is 12.0. The molecule has 0 radical (unpaired) electrons. The number of aliphatic carboxylic acids is 1. The summed E-state index contributed by atoms with van der Waals surface area (Å²) >= 11 is 0. The molecule has 0 saturated heterocycles. The van der Waals surface area contributed by atoms with Crippen LogP contribution in [0.5, 0.6) is 0 Å². The van der Waals surface area contributed by atoms with E-state index in [-0.39, 0.29) is 0 Å². The summed E-state index contributed by atoms with van der Waals surface area (Å²) in [6.45, 7) is 10.3. The Kier molecular flexibility index (Phi) is 6.06. The van der Waals surface area contributed by atoms with Crippen LogP contribution < -0.4 is 0 Å². The highest BCUT2D eigenvalue weighted by molar-refractivity contribution is 5.86. The van der Waals surface area contributed by atoms with Crippen molar-refractivity contribution in [3.8, 4) is 0 Å². The zero-order valence-electron chi connectivity index (χ0n) is 10.4. The van der Waals surface area contributed by atoms with E-state index in [1.807, 2.05) is 6.92 Å². The minimum atomic E-state index is -0.803. The molecule has 0 aromatic heterocycles. The van der Waals surface area contributed by atoms with E-state index >= 15 is 0 Å². The van der Waals surface area contributed by atoms with Gasteiger partial charge in [-0.15, -0.1) is 0 Å². The minimum Gasteiger partial charge on any atom is -0.478 e. The fourth-order valence-electron chi connectivity index (χ4n) is 1.57. The summed E-state index contributed by atoms with van der Waals surface area (Å²) in [5, 5.41) is 9.02. The molecule has 0 fully saturated rings. The Bertz CT molecular complexity index is 224. The first-order valence-corrected chi connectivity index (χ1v) is 5.61. The normalized spacial score (nSPS) is 12.3. The van der Waals surface area contributed by atoms with Gasteiger partial charge < -0.3 is 10.0 Å². The van der Waals surface area contributed by atoms with Crippen LogP contribution in [0.25, 0.3) is 0 Å². The third kappa shape index (κ3) is 4.86. The van der Waals surface area contributed by atoms with Crippen molar-refractivity contribution in [2.24, 2.45) is 0 Å². The second-order valence-corrected chi connectivity index (χ2v) is 4.34. The lowest BCUT2D eigenvalue weighted by atomic mass is 10.1. The number of carboxylic acid groups (broad SMARTS) is 1. The summed E-state index contributed by atoms with van der Waals surface area (Å²) < 4.78 is 0. The van der Waals surface area contributed by atoms with Gasteiger partial charge in [0, 0.05) is 18.3 Å². The molecule has 0 aromatic rings. The number of carboxylic acids is 1. The van der Waals surface area contributed by atoms with E-state index in [2.05, 4.69) is 32.6 Å². The fraction of sp³-hybridized carbons (Fsp3) is 0.750. The first-order chi connectivity index (χ1) is 6.90. The highest BCUT2D eigenvalue weighted by Gasteiger charge is 2.13. The van der Waals surface area contributed by atoms with Crippen molar-refractivity contribution < 1.29 is 9.90 Å². The van der Waals surface area contributed by atoms with E-state index in [0.717, 1.165) is 6.42 Å². The highest BCUT2D eigenvalue weighted by Crippen LogP contribution is 2.12. The Hall–Kier alpha value is -0.990. The van der Waals surface area contributed by atoms with Gasteiger partial charge in [-0.2, -0.15) is 0 Å². The van der Waals surface area contributed by atoms with Crippen LogP contribution in [0.3, 0.4) is 0 Å². The summed E-state index contributed by atoms with van der Waals surface area (Å²) in [6, 6.07) is 0.660. The van der Waals surface area contributed by atoms with Crippen molar-refractivity contribution in [1.29, 1.82) is 0 Å². The molecular formula is C12H23NO2. The van der Waals surface area contributed by atoms with Crippen LogP contribution in [-0.2, 0) is 4.79 Å². The average Bonchev–Trinajstić information content (AvgIpc) is 2.10. The van der Waals surface area contributed by atoms with Crippen LogP contribution in [0.4, 0.5) is 0 Å². The van der Waals surface area contributed by atoms with Crippen LogP contribution in [0.2, 0.25) is 0 Å². The largest absolute Gasteiger partial charge is 0.478 e. The summed E-state index contributed by atoms with van der Waals surface area (Å²) in [7, 11) is 0. The van der Waals surface area contributed by atoms with Crippen LogP contribution in [0.1, 0.15) is 47.5 Å². The van der Waals surface area contributed by atoms with Gasteiger partial charge in [-0.05, 0) is 34.1 Å². The Labute approximate surface area is 92.8 Å². The third-order valence-corrected chi connectivity index (χ3v) is 2.29. The lowest BCUT2D eigenvalue weighted by Gasteiger charge is -2.30. The summed E-state index contributed by atoms with van der Waals surface area (Å²) in [5.74, 6) is -0.803. The second kappa shape index (κ2) is 6.49. The van der Waals surface area contributed by atoms with Gasteiger partial charge in [-0.3, -0.25) is 0 Å². The van der Waals surface area contributed by atoms with Crippen LogP contribution in [0, 0.1) is 0 Å². The van der Waals surface area contributed by atoms with Crippen LogP contribution in [-0.4, -0.2) is 28.1 Å². The monoisotopic (exact) mass is 213 g/mol. The molecule has 0 aliphatic carbocycles. The Morgan fingerprint density at radius 2 is 1.73 bits per heavy atom. The maximum Gasteiger partial charge on any atom is 0.333 e. The third-order valence-electron chi connectivity index (χ3n) is 2.29. The van der Waals surface area contributed by atoms with Crippen LogP contribution in [0.15, 0.2) is 11.8 Å². The van der Waals surface area contributed by atoms with E-state index in [4.69, 9.17) is 5.11 Å². The Balaban J connectivity index is 4.81. The molecule has 15 heavy (non-hydrogen) atoms. The smallest absolute Gasteiger partial charge is 0.333 e. The van der Waals surface area contributed by atoms with Crippen molar-refractivity contribution in [2.45, 2.75) is 59.5 Å². The molecule has 0 heterocycles. The molecule has 0 rings (SSSR count). The van der Waals surface area contributed by atoms with Gasteiger partial charge in [0.15, 0.2) is 0 Å². The highest BCUT2D eigenvalue weighted by atomic mass is 16.4. The summed E-state index contributed by atoms with van der Waals surface area (Å²) in [4.78, 5) is 13.1. The minimum absolute atomic E-state index is 0.330. The molecule has 0 amide bonds. The second-order valence-electron chi connectivity index (χ2n) is 4.34. The van der Waals surface area contributed by atoms with Crippen molar-refractivity contribution in [2.75, 3.05) is 0 Å². The number of carbonyl (C=O) groups is 1. The average molecular weight is 213 g/mol. The standard InChI is InChI=1S/C12H23NO2/c1-6-7-11(12(14)15)8-13(9(2)3)10(4)5/h8-10H,6-7H2,1-5H3,(H,14,15). The SMILES string of the molecule is CCCC(=CN(C(C)C)C(C)C)C(=O)O. The number of hydrogen-bond acceptors (Lipinski definition) is 2. The zero-order valence-corrected chi connectivity index (χ0v) is 10.4. The van der Waals surface area contributed by atoms with Crippen molar-refractivity contribution in [1.82, 2.24) is 4.90 Å². The molecule has 1 N–H and O–H groups in total. The van der Waals surface area contributed by atoms with E-state index in [9.17, 15) is 4.79 Å². The first-order valence-electron chi connectivity index (χ1n) is 5.61. The topological polar surface area (TPSA) is 40.5 Å². The molecule has 0 aliphatic rings. The summed E-state index contributed by atoms with van der Waals surface area (Å²) in [5.41, 5.74) is 0.500. The number of nitrogens with zero attached hydrogens (tertiary/aromatic N) is 1. The van der Waals surface area contributed by atoms with Crippen molar-refractivity contribution >= 4 is 5.97 Å². The predicted molar refractivity (Wildman–Crippen MR) is 62.7 cm³/mol. The number of rotatable bonds is 6. The van der Waals surface area contributed by atoms with Crippen molar-refractivity contribution in [3.63, 3.8) is 0 Å². The van der Waals surface area contributed by atoms with Gasteiger partial charge in [-0.25, -0.2) is 4.79 Å². The maximum absolute atomic E-state index is 11.0. The summed E-state index contributed by atoms with van der Waals surface area (Å²) in [6.07, 6.45) is 3.29. The molecule has 0 aromatic carbocycles. The van der Waals surface area contributed by atoms with Crippen molar-refractivity contribution in [3.05, 3.63) is 11.8 Å². The Morgan fingerprint density at radius 3 is 2.00 bits per heavy atom.